The van der Waals surface area contributed by atoms with Crippen molar-refractivity contribution in [1.82, 2.24) is 9.88 Å². The molecule has 2 fully saturated rings. The van der Waals surface area contributed by atoms with E-state index in [0.29, 0.717) is 6.04 Å². The Kier molecular flexibility index (Phi) is 2.17. The molecule has 3 heterocycles. The lowest BCUT2D eigenvalue weighted by Gasteiger charge is -2.29. The van der Waals surface area contributed by atoms with E-state index in [-0.39, 0.29) is 5.54 Å². The van der Waals surface area contributed by atoms with Crippen LogP contribution in [0.4, 0.5) is 0 Å². The number of thiazole rings is 1. The van der Waals surface area contributed by atoms with Crippen LogP contribution in [-0.4, -0.2) is 29.0 Å². The van der Waals surface area contributed by atoms with E-state index in [1.165, 1.54) is 60.8 Å². The Labute approximate surface area is 106 Å². The molecule has 4 rings (SSSR count). The molecule has 4 heteroatoms. The highest BCUT2D eigenvalue weighted by Crippen LogP contribution is 2.43. The van der Waals surface area contributed by atoms with Crippen molar-refractivity contribution in [3.8, 4) is 0 Å². The van der Waals surface area contributed by atoms with Gasteiger partial charge in [-0.3, -0.25) is 4.90 Å². The van der Waals surface area contributed by atoms with Crippen molar-refractivity contribution in [2.75, 3.05) is 13.1 Å². The molecule has 3 nitrogen and oxygen atoms in total. The molecule has 0 radical (unpaired) electrons. The number of hydrogen-bond acceptors (Lipinski definition) is 4. The predicted molar refractivity (Wildman–Crippen MR) is 69.2 cm³/mol. The average molecular weight is 249 g/mol. The lowest BCUT2D eigenvalue weighted by atomic mass is 9.90. The molecule has 92 valence electrons. The molecule has 2 unspecified atom stereocenters. The molecule has 1 aliphatic carbocycles. The van der Waals surface area contributed by atoms with Crippen molar-refractivity contribution in [3.63, 3.8) is 0 Å². The van der Waals surface area contributed by atoms with E-state index in [9.17, 15) is 0 Å². The summed E-state index contributed by atoms with van der Waals surface area (Å²) in [7, 11) is 0. The van der Waals surface area contributed by atoms with Crippen LogP contribution in [0.5, 0.6) is 0 Å². The summed E-state index contributed by atoms with van der Waals surface area (Å²) in [4.78, 5) is 8.96. The molecule has 0 aromatic carbocycles. The van der Waals surface area contributed by atoms with Crippen LogP contribution in [0, 0.1) is 0 Å². The topological polar surface area (TPSA) is 42.1 Å². The Morgan fingerprint density at radius 2 is 2.24 bits per heavy atom. The first kappa shape index (κ1) is 10.5. The normalized spacial score (nSPS) is 36.4. The third kappa shape index (κ3) is 1.38. The van der Waals surface area contributed by atoms with Gasteiger partial charge in [-0.2, -0.15) is 0 Å². The Morgan fingerprint density at radius 3 is 3.12 bits per heavy atom. The highest BCUT2D eigenvalue weighted by Gasteiger charge is 2.49. The predicted octanol–water partition coefficient (Wildman–Crippen LogP) is 1.65. The minimum Gasteiger partial charge on any atom is -0.318 e. The maximum absolute atomic E-state index is 6.73. The van der Waals surface area contributed by atoms with Gasteiger partial charge in [-0.25, -0.2) is 4.98 Å². The van der Waals surface area contributed by atoms with E-state index >= 15 is 0 Å². The molecule has 2 N–H and O–H groups in total. The van der Waals surface area contributed by atoms with E-state index in [1.54, 1.807) is 0 Å². The summed E-state index contributed by atoms with van der Waals surface area (Å²) in [5, 5.41) is 1.23. The van der Waals surface area contributed by atoms with Gasteiger partial charge in [0.25, 0.3) is 0 Å². The molecule has 0 amide bonds. The van der Waals surface area contributed by atoms with Crippen LogP contribution >= 0.6 is 11.3 Å². The summed E-state index contributed by atoms with van der Waals surface area (Å²) >= 11 is 1.90. The molecule has 2 aliphatic heterocycles. The average Bonchev–Trinajstić information content (AvgIpc) is 2.98. The van der Waals surface area contributed by atoms with Crippen LogP contribution in [0.3, 0.4) is 0 Å². The maximum atomic E-state index is 6.73. The smallest absolute Gasteiger partial charge is 0.115 e. The van der Waals surface area contributed by atoms with E-state index in [1.807, 2.05) is 11.3 Å². The van der Waals surface area contributed by atoms with E-state index in [4.69, 9.17) is 10.7 Å². The summed E-state index contributed by atoms with van der Waals surface area (Å²) < 4.78 is 0. The fraction of sp³-hybridized carbons (Fsp3) is 0.769. The number of nitrogens with zero attached hydrogens (tertiary/aromatic N) is 2. The number of aryl methyl sites for hydroxylation is 2. The van der Waals surface area contributed by atoms with Gasteiger partial charge < -0.3 is 5.73 Å². The van der Waals surface area contributed by atoms with Gasteiger partial charge in [0.2, 0.25) is 0 Å². The number of nitrogens with two attached hydrogens (primary N) is 1. The molecule has 1 aromatic rings. The standard InChI is InChI=1S/C13H19N3S/c14-13(6-8-16-7-2-5-11(13)16)12-15-9-3-1-4-10(9)17-12/h11H,1-8,14H2. The van der Waals surface area contributed by atoms with Gasteiger partial charge in [-0.1, -0.05) is 0 Å². The van der Waals surface area contributed by atoms with Crippen molar-refractivity contribution in [1.29, 1.82) is 0 Å². The zero-order chi connectivity index (χ0) is 11.5. The van der Waals surface area contributed by atoms with Crippen LogP contribution in [0.15, 0.2) is 0 Å². The number of hydrogen-bond donors (Lipinski definition) is 1. The number of fused-ring (bicyclic) bond motifs is 2. The van der Waals surface area contributed by atoms with Crippen molar-refractivity contribution in [3.05, 3.63) is 15.6 Å². The Hall–Kier alpha value is -0.450. The highest BCUT2D eigenvalue weighted by molar-refractivity contribution is 7.12. The summed E-state index contributed by atoms with van der Waals surface area (Å²) in [6, 6.07) is 0.564. The van der Waals surface area contributed by atoms with Crippen LogP contribution in [-0.2, 0) is 18.4 Å². The second-order valence-corrected chi connectivity index (χ2v) is 6.81. The fourth-order valence-corrected chi connectivity index (χ4v) is 5.14. The minimum absolute atomic E-state index is 0.133. The summed E-state index contributed by atoms with van der Waals surface area (Å²) in [6.07, 6.45) is 7.38. The van der Waals surface area contributed by atoms with Gasteiger partial charge in [0.1, 0.15) is 5.01 Å². The molecule has 1 aromatic heterocycles. The van der Waals surface area contributed by atoms with Crippen LogP contribution in [0.1, 0.15) is 41.3 Å². The largest absolute Gasteiger partial charge is 0.318 e. The molecular formula is C13H19N3S. The van der Waals surface area contributed by atoms with Crippen LogP contribution < -0.4 is 5.73 Å². The molecule has 2 saturated heterocycles. The highest BCUT2D eigenvalue weighted by atomic mass is 32.1. The van der Waals surface area contributed by atoms with Crippen LogP contribution in [0.25, 0.3) is 0 Å². The Morgan fingerprint density at radius 1 is 1.29 bits per heavy atom. The van der Waals surface area contributed by atoms with E-state index in [0.717, 1.165) is 6.42 Å². The van der Waals surface area contributed by atoms with E-state index in [2.05, 4.69) is 4.90 Å². The third-order valence-electron chi connectivity index (χ3n) is 4.76. The fourth-order valence-electron chi connectivity index (χ4n) is 3.81. The third-order valence-corrected chi connectivity index (χ3v) is 6.12. The number of rotatable bonds is 1. The van der Waals surface area contributed by atoms with Crippen molar-refractivity contribution >= 4 is 11.3 Å². The SMILES string of the molecule is NC1(c2nc3c(s2)CCC3)CCN2CCCC21. The second kappa shape index (κ2) is 3.53. The molecule has 2 atom stereocenters. The number of aromatic nitrogens is 1. The van der Waals surface area contributed by atoms with Gasteiger partial charge in [-0.05, 0) is 45.1 Å². The Balaban J connectivity index is 1.72. The molecule has 17 heavy (non-hydrogen) atoms. The zero-order valence-corrected chi connectivity index (χ0v) is 10.9. The quantitative estimate of drug-likeness (QED) is 0.823. The van der Waals surface area contributed by atoms with E-state index < -0.39 is 0 Å². The van der Waals surface area contributed by atoms with Crippen LogP contribution in [0.2, 0.25) is 0 Å². The van der Waals surface area contributed by atoms with Gasteiger partial charge >= 0.3 is 0 Å². The maximum Gasteiger partial charge on any atom is 0.115 e. The first-order chi connectivity index (χ1) is 8.27. The van der Waals surface area contributed by atoms with Gasteiger partial charge in [0.15, 0.2) is 0 Å². The molecule has 0 spiro atoms. The minimum atomic E-state index is -0.133. The van der Waals surface area contributed by atoms with Crippen molar-refractivity contribution in [2.45, 2.75) is 50.1 Å². The monoisotopic (exact) mass is 249 g/mol. The van der Waals surface area contributed by atoms with Crippen molar-refractivity contribution < 1.29 is 0 Å². The summed E-state index contributed by atoms with van der Waals surface area (Å²) in [5.41, 5.74) is 7.95. The molecule has 0 saturated carbocycles. The lowest BCUT2D eigenvalue weighted by molar-refractivity contribution is 0.265. The lowest BCUT2D eigenvalue weighted by Crippen LogP contribution is -2.46. The summed E-state index contributed by atoms with van der Waals surface area (Å²) in [6.45, 7) is 2.42. The molecular weight excluding hydrogens is 230 g/mol. The molecule has 3 aliphatic rings. The summed E-state index contributed by atoms with van der Waals surface area (Å²) in [5.74, 6) is 0. The van der Waals surface area contributed by atoms with Gasteiger partial charge in [-0.15, -0.1) is 11.3 Å². The zero-order valence-electron chi connectivity index (χ0n) is 10.1. The van der Waals surface area contributed by atoms with Crippen molar-refractivity contribution in [2.24, 2.45) is 5.73 Å². The van der Waals surface area contributed by atoms with Gasteiger partial charge in [0.05, 0.1) is 11.2 Å². The first-order valence-corrected chi connectivity index (χ1v) is 7.61. The molecule has 0 bridgehead atoms. The Bertz CT molecular complexity index is 434. The first-order valence-electron chi connectivity index (χ1n) is 6.79. The second-order valence-electron chi connectivity index (χ2n) is 5.73. The van der Waals surface area contributed by atoms with Gasteiger partial charge in [0, 0.05) is 17.5 Å².